The second kappa shape index (κ2) is 23.5. The minimum atomic E-state index is 0.819. The lowest BCUT2D eigenvalue weighted by Crippen LogP contribution is -1.73. The molecule has 0 radical (unpaired) electrons. The standard InChI is InChI=1S/C8H10.C3H8O.C2H6.C2H2/c1-2-8-6-4-3-5-7-8;1-3-4-2;2*1-2/h3-7H,2H2,1H3;3H2,1-2H3;1-2H3;1-2H. The average molecular weight is 222 g/mol. The minimum Gasteiger partial charge on any atom is -0.385 e. The molecule has 0 aromatic heterocycles. The molecule has 0 bridgehead atoms. The molecular formula is C15H26O. The SMILES string of the molecule is C#C.CC.CCOC.CCc1ccccc1. The summed E-state index contributed by atoms with van der Waals surface area (Å²) in [6.45, 7) is 8.94. The fourth-order valence-electron chi connectivity index (χ4n) is 0.714. The van der Waals surface area contributed by atoms with Crippen molar-refractivity contribution in [3.8, 4) is 12.8 Å². The molecule has 1 rings (SSSR count). The summed E-state index contributed by atoms with van der Waals surface area (Å²) >= 11 is 0. The number of benzene rings is 1. The zero-order valence-electron chi connectivity index (χ0n) is 11.4. The number of ether oxygens (including phenoxy) is 1. The molecule has 0 N–H and O–H groups in total. The summed E-state index contributed by atoms with van der Waals surface area (Å²) in [5.74, 6) is 0. The van der Waals surface area contributed by atoms with Gasteiger partial charge in [0.25, 0.3) is 0 Å². The first kappa shape index (κ1) is 20.2. The van der Waals surface area contributed by atoms with E-state index in [4.69, 9.17) is 0 Å². The van der Waals surface area contributed by atoms with Crippen molar-refractivity contribution in [3.63, 3.8) is 0 Å². The van der Waals surface area contributed by atoms with Gasteiger partial charge in [-0.1, -0.05) is 51.1 Å². The Hall–Kier alpha value is -1.26. The van der Waals surface area contributed by atoms with Crippen molar-refractivity contribution < 1.29 is 4.74 Å². The smallest absolute Gasteiger partial charge is 0.0433 e. The summed E-state index contributed by atoms with van der Waals surface area (Å²) in [5, 5.41) is 0. The quantitative estimate of drug-likeness (QED) is 0.682. The maximum Gasteiger partial charge on any atom is 0.0433 e. The van der Waals surface area contributed by atoms with Crippen molar-refractivity contribution in [1.82, 2.24) is 0 Å². The van der Waals surface area contributed by atoms with Crippen molar-refractivity contribution >= 4 is 0 Å². The fraction of sp³-hybridized carbons (Fsp3) is 0.467. The monoisotopic (exact) mass is 222 g/mol. The van der Waals surface area contributed by atoms with E-state index in [1.807, 2.05) is 26.8 Å². The van der Waals surface area contributed by atoms with E-state index in [1.165, 1.54) is 5.56 Å². The van der Waals surface area contributed by atoms with E-state index in [0.29, 0.717) is 0 Å². The Balaban J connectivity index is -0.000000181. The molecule has 0 saturated heterocycles. The predicted molar refractivity (Wildman–Crippen MR) is 74.6 cm³/mol. The van der Waals surface area contributed by atoms with E-state index in [9.17, 15) is 0 Å². The number of terminal acetylenes is 1. The van der Waals surface area contributed by atoms with Crippen LogP contribution in [-0.2, 0) is 11.2 Å². The van der Waals surface area contributed by atoms with Crippen LogP contribution in [0.15, 0.2) is 30.3 Å². The molecule has 1 heteroatoms. The summed E-state index contributed by atoms with van der Waals surface area (Å²) in [6, 6.07) is 10.5. The first-order chi connectivity index (χ1) is 7.85. The van der Waals surface area contributed by atoms with Gasteiger partial charge in [0.05, 0.1) is 0 Å². The number of hydrogen-bond donors (Lipinski definition) is 0. The molecule has 0 aliphatic heterocycles. The van der Waals surface area contributed by atoms with Crippen LogP contribution < -0.4 is 0 Å². The van der Waals surface area contributed by atoms with Crippen LogP contribution in [-0.4, -0.2) is 13.7 Å². The van der Waals surface area contributed by atoms with Crippen molar-refractivity contribution in [2.24, 2.45) is 0 Å². The van der Waals surface area contributed by atoms with Gasteiger partial charge >= 0.3 is 0 Å². The van der Waals surface area contributed by atoms with Gasteiger partial charge in [0.1, 0.15) is 0 Å². The van der Waals surface area contributed by atoms with Gasteiger partial charge in [0.2, 0.25) is 0 Å². The zero-order chi connectivity index (χ0) is 13.2. The summed E-state index contributed by atoms with van der Waals surface area (Å²) in [4.78, 5) is 0. The second-order valence-corrected chi connectivity index (χ2v) is 2.42. The van der Waals surface area contributed by atoms with Gasteiger partial charge < -0.3 is 4.74 Å². The molecule has 0 unspecified atom stereocenters. The molecule has 1 aromatic rings. The molecule has 0 heterocycles. The van der Waals surface area contributed by atoms with Gasteiger partial charge in [-0.25, -0.2) is 0 Å². The van der Waals surface area contributed by atoms with Crippen LogP contribution in [0.2, 0.25) is 0 Å². The highest BCUT2D eigenvalue weighted by Gasteiger charge is 1.79. The van der Waals surface area contributed by atoms with Crippen LogP contribution in [0.5, 0.6) is 0 Å². The summed E-state index contributed by atoms with van der Waals surface area (Å²) in [6.07, 6.45) is 9.14. The Morgan fingerprint density at radius 2 is 1.38 bits per heavy atom. The molecular weight excluding hydrogens is 196 g/mol. The number of aryl methyl sites for hydroxylation is 1. The lowest BCUT2D eigenvalue weighted by molar-refractivity contribution is 0.215. The van der Waals surface area contributed by atoms with Crippen LogP contribution in [0.4, 0.5) is 0 Å². The fourth-order valence-corrected chi connectivity index (χ4v) is 0.714. The molecule has 1 aromatic carbocycles. The molecule has 0 saturated carbocycles. The molecule has 16 heavy (non-hydrogen) atoms. The zero-order valence-corrected chi connectivity index (χ0v) is 11.4. The van der Waals surface area contributed by atoms with Crippen LogP contribution >= 0.6 is 0 Å². The van der Waals surface area contributed by atoms with Crippen molar-refractivity contribution in [2.45, 2.75) is 34.1 Å². The summed E-state index contributed by atoms with van der Waals surface area (Å²) in [5.41, 5.74) is 1.41. The van der Waals surface area contributed by atoms with E-state index < -0.39 is 0 Å². The number of rotatable bonds is 2. The van der Waals surface area contributed by atoms with Crippen molar-refractivity contribution in [3.05, 3.63) is 35.9 Å². The van der Waals surface area contributed by atoms with E-state index in [-0.39, 0.29) is 0 Å². The predicted octanol–water partition coefficient (Wildman–Crippen LogP) is 4.18. The Labute approximate surface area is 102 Å². The Bertz CT molecular complexity index is 199. The number of hydrogen-bond acceptors (Lipinski definition) is 1. The summed E-state index contributed by atoms with van der Waals surface area (Å²) < 4.78 is 4.54. The van der Waals surface area contributed by atoms with Gasteiger partial charge in [-0.3, -0.25) is 0 Å². The average Bonchev–Trinajstić information content (AvgIpc) is 2.44. The first-order valence-corrected chi connectivity index (χ1v) is 5.71. The normalized spacial score (nSPS) is 6.94. The van der Waals surface area contributed by atoms with E-state index >= 15 is 0 Å². The molecule has 0 fully saturated rings. The van der Waals surface area contributed by atoms with E-state index in [2.05, 4.69) is 48.8 Å². The van der Waals surface area contributed by atoms with E-state index in [1.54, 1.807) is 7.11 Å². The van der Waals surface area contributed by atoms with Crippen LogP contribution in [0.25, 0.3) is 0 Å². The highest BCUT2D eigenvalue weighted by molar-refractivity contribution is 5.13. The van der Waals surface area contributed by atoms with Crippen molar-refractivity contribution in [1.29, 1.82) is 0 Å². The van der Waals surface area contributed by atoms with Gasteiger partial charge in [-0.2, -0.15) is 0 Å². The van der Waals surface area contributed by atoms with Crippen LogP contribution in [0, 0.1) is 12.8 Å². The van der Waals surface area contributed by atoms with Gasteiger partial charge in [-0.15, -0.1) is 12.8 Å². The molecule has 0 spiro atoms. The minimum absolute atomic E-state index is 0.819. The Morgan fingerprint density at radius 1 is 1.00 bits per heavy atom. The Kier molecular flexibility index (Phi) is 29.7. The topological polar surface area (TPSA) is 9.23 Å². The summed E-state index contributed by atoms with van der Waals surface area (Å²) in [7, 11) is 1.68. The van der Waals surface area contributed by atoms with Crippen molar-refractivity contribution in [2.75, 3.05) is 13.7 Å². The lowest BCUT2D eigenvalue weighted by atomic mass is 10.2. The first-order valence-electron chi connectivity index (χ1n) is 5.71. The van der Waals surface area contributed by atoms with Gasteiger partial charge in [-0.05, 0) is 18.9 Å². The molecule has 92 valence electrons. The molecule has 0 aliphatic rings. The van der Waals surface area contributed by atoms with Gasteiger partial charge in [0.15, 0.2) is 0 Å². The maximum absolute atomic E-state index is 4.54. The third kappa shape index (κ3) is 18.5. The maximum atomic E-state index is 4.54. The highest BCUT2D eigenvalue weighted by atomic mass is 16.5. The largest absolute Gasteiger partial charge is 0.385 e. The molecule has 0 amide bonds. The van der Waals surface area contributed by atoms with Gasteiger partial charge in [0, 0.05) is 13.7 Å². The van der Waals surface area contributed by atoms with E-state index in [0.717, 1.165) is 13.0 Å². The Morgan fingerprint density at radius 3 is 1.56 bits per heavy atom. The lowest BCUT2D eigenvalue weighted by Gasteiger charge is -1.89. The second-order valence-electron chi connectivity index (χ2n) is 2.42. The molecule has 0 atom stereocenters. The van der Waals surface area contributed by atoms with Crippen LogP contribution in [0.1, 0.15) is 33.3 Å². The highest BCUT2D eigenvalue weighted by Crippen LogP contribution is 1.96. The van der Waals surface area contributed by atoms with Crippen LogP contribution in [0.3, 0.4) is 0 Å². The molecule has 0 aliphatic carbocycles. The number of methoxy groups -OCH3 is 1. The molecule has 1 nitrogen and oxygen atoms in total. The third-order valence-corrected chi connectivity index (χ3v) is 1.54. The third-order valence-electron chi connectivity index (χ3n) is 1.54.